The highest BCUT2D eigenvalue weighted by Crippen LogP contribution is 2.66. The zero-order valence-corrected chi connectivity index (χ0v) is 14.5. The molecule has 2 aliphatic carbocycles. The molecule has 0 aromatic heterocycles. The Morgan fingerprint density at radius 1 is 1.25 bits per heavy atom. The van der Waals surface area contributed by atoms with Gasteiger partial charge in [-0.3, -0.25) is 0 Å². The summed E-state index contributed by atoms with van der Waals surface area (Å²) in [6, 6.07) is 0.510. The molecule has 5 unspecified atom stereocenters. The Balaban J connectivity index is 1.94. The molecule has 2 heteroatoms. The highest BCUT2D eigenvalue weighted by atomic mass is 16.5. The van der Waals surface area contributed by atoms with Gasteiger partial charge in [-0.25, -0.2) is 0 Å². The first-order valence-corrected chi connectivity index (χ1v) is 8.71. The molecule has 5 atom stereocenters. The maximum Gasteiger partial charge on any atom is 0.0637 e. The summed E-state index contributed by atoms with van der Waals surface area (Å²) in [6.45, 7) is 16.1. The van der Waals surface area contributed by atoms with E-state index in [1.807, 2.05) is 0 Å². The largest absolute Gasteiger partial charge is 0.376 e. The van der Waals surface area contributed by atoms with Crippen molar-refractivity contribution in [1.82, 2.24) is 5.32 Å². The van der Waals surface area contributed by atoms with Crippen LogP contribution in [-0.4, -0.2) is 25.3 Å². The maximum atomic E-state index is 6.45. The van der Waals surface area contributed by atoms with Crippen molar-refractivity contribution in [2.75, 3.05) is 13.2 Å². The Morgan fingerprint density at radius 3 is 2.40 bits per heavy atom. The van der Waals surface area contributed by atoms with E-state index in [0.29, 0.717) is 28.9 Å². The van der Waals surface area contributed by atoms with Crippen LogP contribution in [0.2, 0.25) is 0 Å². The van der Waals surface area contributed by atoms with E-state index < -0.39 is 0 Å². The molecule has 0 aromatic rings. The van der Waals surface area contributed by atoms with E-state index in [1.54, 1.807) is 0 Å². The molecule has 2 bridgehead atoms. The molecule has 0 spiro atoms. The van der Waals surface area contributed by atoms with Gasteiger partial charge in [0.2, 0.25) is 0 Å². The average molecular weight is 281 g/mol. The molecule has 2 nitrogen and oxygen atoms in total. The quantitative estimate of drug-likeness (QED) is 0.753. The van der Waals surface area contributed by atoms with Crippen LogP contribution in [0.4, 0.5) is 0 Å². The van der Waals surface area contributed by atoms with Crippen molar-refractivity contribution >= 4 is 0 Å². The monoisotopic (exact) mass is 281 g/mol. The van der Waals surface area contributed by atoms with Crippen molar-refractivity contribution in [2.24, 2.45) is 22.7 Å². The van der Waals surface area contributed by atoms with Gasteiger partial charge in [-0.1, -0.05) is 48.0 Å². The molecule has 1 N–H and O–H groups in total. The van der Waals surface area contributed by atoms with E-state index >= 15 is 0 Å². The van der Waals surface area contributed by atoms with Crippen molar-refractivity contribution < 1.29 is 4.74 Å². The number of fused-ring (bicyclic) bond motifs is 2. The zero-order chi connectivity index (χ0) is 15.0. The summed E-state index contributed by atoms with van der Waals surface area (Å²) in [5.74, 6) is 1.56. The molecule has 0 aromatic carbocycles. The Morgan fingerprint density at radius 2 is 1.95 bits per heavy atom. The first-order valence-electron chi connectivity index (χ1n) is 8.71. The summed E-state index contributed by atoms with van der Waals surface area (Å²) in [5.41, 5.74) is 0.853. The van der Waals surface area contributed by atoms with Crippen molar-refractivity contribution in [3.8, 4) is 0 Å². The topological polar surface area (TPSA) is 21.3 Å². The summed E-state index contributed by atoms with van der Waals surface area (Å²) in [6.07, 6.45) is 5.73. The van der Waals surface area contributed by atoms with E-state index in [9.17, 15) is 0 Å². The number of likely N-dealkylation sites (N-methyl/N-ethyl adjacent to an activating group) is 1. The minimum atomic E-state index is 0.393. The minimum absolute atomic E-state index is 0.393. The number of hydrogen-bond acceptors (Lipinski definition) is 2. The predicted octanol–water partition coefficient (Wildman–Crippen LogP) is 4.24. The van der Waals surface area contributed by atoms with Crippen LogP contribution >= 0.6 is 0 Å². The van der Waals surface area contributed by atoms with Crippen molar-refractivity contribution in [2.45, 2.75) is 79.4 Å². The molecule has 2 aliphatic rings. The van der Waals surface area contributed by atoms with Gasteiger partial charge in [-0.2, -0.15) is 0 Å². The second kappa shape index (κ2) is 5.96. The lowest BCUT2D eigenvalue weighted by Crippen LogP contribution is -2.43. The fourth-order valence-electron chi connectivity index (χ4n) is 4.57. The first-order chi connectivity index (χ1) is 9.36. The Hall–Kier alpha value is -0.0800. The van der Waals surface area contributed by atoms with Gasteiger partial charge >= 0.3 is 0 Å². The second-order valence-electron chi connectivity index (χ2n) is 7.98. The standard InChI is InChI=1S/C18H35NO/c1-7-13(3)15(19-8-2)12-20-16-11-14-9-10-18(16,6)17(14,4)5/h13-16,19H,7-12H2,1-6H3. The molecule has 0 radical (unpaired) electrons. The van der Waals surface area contributed by atoms with E-state index in [0.717, 1.165) is 19.1 Å². The lowest BCUT2D eigenvalue weighted by Gasteiger charge is -2.39. The van der Waals surface area contributed by atoms with E-state index in [1.165, 1.54) is 25.7 Å². The Kier molecular flexibility index (Phi) is 4.86. The first kappa shape index (κ1) is 16.3. The van der Waals surface area contributed by atoms with Crippen LogP contribution in [0.1, 0.15) is 67.2 Å². The number of rotatable bonds is 7. The summed E-state index contributed by atoms with van der Waals surface area (Å²) < 4.78 is 6.45. The molecule has 2 rings (SSSR count). The molecule has 20 heavy (non-hydrogen) atoms. The molecule has 0 aliphatic heterocycles. The van der Waals surface area contributed by atoms with Crippen LogP contribution in [0.3, 0.4) is 0 Å². The molecule has 0 heterocycles. The normalized spacial score (nSPS) is 38.1. The molecule has 0 saturated heterocycles. The fraction of sp³-hybridized carbons (Fsp3) is 1.00. The minimum Gasteiger partial charge on any atom is -0.376 e. The number of hydrogen-bond donors (Lipinski definition) is 1. The van der Waals surface area contributed by atoms with Crippen LogP contribution in [0, 0.1) is 22.7 Å². The third-order valence-electron chi connectivity index (χ3n) is 6.99. The molecule has 2 fully saturated rings. The van der Waals surface area contributed by atoms with E-state index in [2.05, 4.69) is 46.9 Å². The van der Waals surface area contributed by atoms with Gasteiger partial charge in [0.15, 0.2) is 0 Å². The third kappa shape index (κ3) is 2.54. The third-order valence-corrected chi connectivity index (χ3v) is 6.99. The van der Waals surface area contributed by atoms with Gasteiger partial charge < -0.3 is 10.1 Å². The molecule has 0 amide bonds. The SMILES string of the molecule is CCNC(COC1CC2CCC1(C)C2(C)C)C(C)CC. The van der Waals surface area contributed by atoms with Crippen molar-refractivity contribution in [3.05, 3.63) is 0 Å². The van der Waals surface area contributed by atoms with Crippen LogP contribution in [0.5, 0.6) is 0 Å². The van der Waals surface area contributed by atoms with Crippen LogP contribution in [0.15, 0.2) is 0 Å². The van der Waals surface area contributed by atoms with Gasteiger partial charge in [0.25, 0.3) is 0 Å². The molecular weight excluding hydrogens is 246 g/mol. The highest BCUT2D eigenvalue weighted by molar-refractivity contribution is 5.11. The van der Waals surface area contributed by atoms with Crippen LogP contribution < -0.4 is 5.32 Å². The Labute approximate surface area is 126 Å². The lowest BCUT2D eigenvalue weighted by molar-refractivity contribution is -0.0574. The second-order valence-corrected chi connectivity index (χ2v) is 7.98. The van der Waals surface area contributed by atoms with Crippen molar-refractivity contribution in [3.63, 3.8) is 0 Å². The maximum absolute atomic E-state index is 6.45. The predicted molar refractivity (Wildman–Crippen MR) is 85.9 cm³/mol. The fourth-order valence-corrected chi connectivity index (χ4v) is 4.57. The lowest BCUT2D eigenvalue weighted by atomic mass is 9.70. The summed E-state index contributed by atoms with van der Waals surface area (Å²) >= 11 is 0. The number of ether oxygens (including phenoxy) is 1. The average Bonchev–Trinajstić information content (AvgIpc) is 2.75. The molecular formula is C18H35NO. The highest BCUT2D eigenvalue weighted by Gasteiger charge is 2.61. The summed E-state index contributed by atoms with van der Waals surface area (Å²) in [7, 11) is 0. The van der Waals surface area contributed by atoms with Gasteiger partial charge in [0.05, 0.1) is 12.7 Å². The van der Waals surface area contributed by atoms with Gasteiger partial charge in [0.1, 0.15) is 0 Å². The summed E-state index contributed by atoms with van der Waals surface area (Å²) in [4.78, 5) is 0. The zero-order valence-electron chi connectivity index (χ0n) is 14.5. The van der Waals surface area contributed by atoms with Crippen LogP contribution in [-0.2, 0) is 4.74 Å². The van der Waals surface area contributed by atoms with Gasteiger partial charge in [-0.15, -0.1) is 0 Å². The smallest absolute Gasteiger partial charge is 0.0637 e. The van der Waals surface area contributed by atoms with Gasteiger partial charge in [-0.05, 0) is 48.5 Å². The van der Waals surface area contributed by atoms with E-state index in [-0.39, 0.29) is 0 Å². The molecule has 118 valence electrons. The van der Waals surface area contributed by atoms with Crippen molar-refractivity contribution in [1.29, 1.82) is 0 Å². The number of nitrogens with one attached hydrogen (secondary N) is 1. The van der Waals surface area contributed by atoms with Gasteiger partial charge in [0, 0.05) is 6.04 Å². The Bertz CT molecular complexity index is 327. The molecule has 2 saturated carbocycles. The van der Waals surface area contributed by atoms with E-state index in [4.69, 9.17) is 4.74 Å². The van der Waals surface area contributed by atoms with Crippen LogP contribution in [0.25, 0.3) is 0 Å². The summed E-state index contributed by atoms with van der Waals surface area (Å²) in [5, 5.41) is 3.61.